The lowest BCUT2D eigenvalue weighted by Gasteiger charge is -2.01. The summed E-state index contributed by atoms with van der Waals surface area (Å²) < 4.78 is 0. The smallest absolute Gasteiger partial charge is 0.303 e. The third kappa shape index (κ3) is 14.9. The van der Waals surface area contributed by atoms with Gasteiger partial charge in [0.2, 0.25) is 0 Å². The van der Waals surface area contributed by atoms with Gasteiger partial charge in [-0.1, -0.05) is 38.5 Å². The van der Waals surface area contributed by atoms with Crippen molar-refractivity contribution in [3.63, 3.8) is 0 Å². The first-order chi connectivity index (χ1) is 8.13. The highest BCUT2D eigenvalue weighted by Gasteiger charge is 1.96. The van der Waals surface area contributed by atoms with E-state index in [4.69, 9.17) is 10.8 Å². The Hall–Kier alpha value is -1.06. The highest BCUT2D eigenvalue weighted by atomic mass is 16.4. The zero-order chi connectivity index (χ0) is 12.9. The van der Waals surface area contributed by atoms with Crippen LogP contribution in [-0.2, 0) is 4.79 Å². The van der Waals surface area contributed by atoms with Crippen LogP contribution in [0.5, 0.6) is 0 Å². The average molecular weight is 242 g/mol. The fourth-order valence-corrected chi connectivity index (χ4v) is 1.70. The maximum absolute atomic E-state index is 10.3. The molecule has 0 saturated heterocycles. The molecule has 0 amide bonds. The Labute approximate surface area is 104 Å². The Morgan fingerprint density at radius 1 is 1.00 bits per heavy atom. The minimum absolute atomic E-state index is 0.316. The zero-order valence-corrected chi connectivity index (χ0v) is 11.0. The summed E-state index contributed by atoms with van der Waals surface area (Å²) >= 11 is 0. The molecule has 0 saturated carbocycles. The second kappa shape index (κ2) is 11.4. The van der Waals surface area contributed by atoms with Gasteiger partial charge in [-0.15, -0.1) is 0 Å². The number of hydrogen-bond donors (Lipinski definition) is 2. The lowest BCUT2D eigenvalue weighted by atomic mass is 10.1. The van der Waals surface area contributed by atoms with Crippen molar-refractivity contribution in [3.05, 3.63) is 0 Å². The number of hydrogen-bond acceptors (Lipinski definition) is 2. The van der Waals surface area contributed by atoms with Gasteiger partial charge in [0.15, 0.2) is 0 Å². The molecule has 0 bridgehead atoms. The van der Waals surface area contributed by atoms with E-state index in [9.17, 15) is 4.79 Å². The van der Waals surface area contributed by atoms with E-state index in [2.05, 4.69) is 4.99 Å². The Kier molecular flexibility index (Phi) is 10.7. The monoisotopic (exact) mass is 242 g/mol. The van der Waals surface area contributed by atoms with Crippen molar-refractivity contribution in [3.8, 4) is 0 Å². The van der Waals surface area contributed by atoms with Gasteiger partial charge in [0, 0.05) is 13.0 Å². The van der Waals surface area contributed by atoms with Crippen molar-refractivity contribution in [2.75, 3.05) is 6.54 Å². The summed E-state index contributed by atoms with van der Waals surface area (Å²) in [7, 11) is 0. The van der Waals surface area contributed by atoms with Gasteiger partial charge in [-0.3, -0.25) is 9.79 Å². The molecule has 0 unspecified atom stereocenters. The predicted molar refractivity (Wildman–Crippen MR) is 71.4 cm³/mol. The van der Waals surface area contributed by atoms with Gasteiger partial charge in [-0.2, -0.15) is 0 Å². The van der Waals surface area contributed by atoms with Gasteiger partial charge in [-0.05, 0) is 19.8 Å². The first kappa shape index (κ1) is 15.9. The number of nitrogens with zero attached hydrogens (tertiary/aromatic N) is 1. The Morgan fingerprint density at radius 2 is 1.47 bits per heavy atom. The summed E-state index contributed by atoms with van der Waals surface area (Å²) in [6, 6.07) is 0. The molecule has 17 heavy (non-hydrogen) atoms. The minimum atomic E-state index is -0.680. The highest BCUT2D eigenvalue weighted by Crippen LogP contribution is 2.09. The van der Waals surface area contributed by atoms with E-state index >= 15 is 0 Å². The summed E-state index contributed by atoms with van der Waals surface area (Å²) in [4.78, 5) is 14.4. The molecule has 100 valence electrons. The Bertz CT molecular complexity index is 223. The fourth-order valence-electron chi connectivity index (χ4n) is 1.70. The van der Waals surface area contributed by atoms with Crippen LogP contribution in [0, 0.1) is 0 Å². The molecule has 0 aliphatic rings. The van der Waals surface area contributed by atoms with Crippen LogP contribution in [0.25, 0.3) is 0 Å². The normalized spacial score (nSPS) is 11.7. The number of aliphatic imine (C=N–C) groups is 1. The molecule has 0 heterocycles. The SMILES string of the molecule is CC(N)=NCCCCCCCCCCC(=O)O. The second-order valence-corrected chi connectivity index (χ2v) is 4.50. The van der Waals surface area contributed by atoms with Crippen molar-refractivity contribution >= 4 is 11.8 Å². The predicted octanol–water partition coefficient (Wildman–Crippen LogP) is 2.96. The van der Waals surface area contributed by atoms with E-state index in [1.807, 2.05) is 6.92 Å². The lowest BCUT2D eigenvalue weighted by molar-refractivity contribution is -0.137. The molecule has 0 aliphatic carbocycles. The van der Waals surface area contributed by atoms with Crippen LogP contribution in [0.2, 0.25) is 0 Å². The summed E-state index contributed by atoms with van der Waals surface area (Å²) in [5.74, 6) is -0.0100. The minimum Gasteiger partial charge on any atom is -0.481 e. The van der Waals surface area contributed by atoms with E-state index in [1.165, 1.54) is 25.7 Å². The first-order valence-corrected chi connectivity index (χ1v) is 6.61. The molecule has 0 aromatic carbocycles. The number of nitrogens with two attached hydrogens (primary N) is 1. The van der Waals surface area contributed by atoms with Gasteiger partial charge in [0.05, 0.1) is 5.84 Å². The maximum atomic E-state index is 10.3. The van der Waals surface area contributed by atoms with Gasteiger partial charge >= 0.3 is 5.97 Å². The van der Waals surface area contributed by atoms with Crippen LogP contribution in [0.15, 0.2) is 4.99 Å². The Morgan fingerprint density at radius 3 is 1.94 bits per heavy atom. The van der Waals surface area contributed by atoms with Gasteiger partial charge in [-0.25, -0.2) is 0 Å². The van der Waals surface area contributed by atoms with Crippen LogP contribution in [0.3, 0.4) is 0 Å². The van der Waals surface area contributed by atoms with Gasteiger partial charge in [0.25, 0.3) is 0 Å². The maximum Gasteiger partial charge on any atom is 0.303 e. The van der Waals surface area contributed by atoms with E-state index in [1.54, 1.807) is 0 Å². The highest BCUT2D eigenvalue weighted by molar-refractivity contribution is 5.77. The number of carbonyl (C=O) groups is 1. The van der Waals surface area contributed by atoms with Crippen LogP contribution >= 0.6 is 0 Å². The lowest BCUT2D eigenvalue weighted by Crippen LogP contribution is -2.05. The number of carboxylic acids is 1. The third-order valence-corrected chi connectivity index (χ3v) is 2.66. The Balaban J connectivity index is 3.04. The zero-order valence-electron chi connectivity index (χ0n) is 11.0. The molecular weight excluding hydrogens is 216 g/mol. The molecule has 0 spiro atoms. The van der Waals surface area contributed by atoms with Gasteiger partial charge < -0.3 is 10.8 Å². The fraction of sp³-hybridized carbons (Fsp3) is 0.846. The van der Waals surface area contributed by atoms with Crippen LogP contribution in [0.4, 0.5) is 0 Å². The van der Waals surface area contributed by atoms with E-state index in [-0.39, 0.29) is 0 Å². The summed E-state index contributed by atoms with van der Waals surface area (Å²) in [6.45, 7) is 2.66. The molecular formula is C13H26N2O2. The van der Waals surface area contributed by atoms with Crippen molar-refractivity contribution in [2.45, 2.75) is 64.7 Å². The topological polar surface area (TPSA) is 75.7 Å². The van der Waals surface area contributed by atoms with Crippen LogP contribution in [-0.4, -0.2) is 23.5 Å². The van der Waals surface area contributed by atoms with Crippen LogP contribution < -0.4 is 5.73 Å². The molecule has 0 fully saturated rings. The van der Waals surface area contributed by atoms with E-state index < -0.39 is 5.97 Å². The molecule has 0 aliphatic heterocycles. The molecule has 4 heteroatoms. The number of amidine groups is 1. The number of aliphatic carboxylic acids is 1. The molecule has 0 rings (SSSR count). The quantitative estimate of drug-likeness (QED) is 0.332. The standard InChI is InChI=1S/C13H26N2O2/c1-12(14)15-11-9-7-5-3-2-4-6-8-10-13(16)17/h2-11H2,1H3,(H2,14,15)(H,16,17). The molecule has 0 aromatic heterocycles. The van der Waals surface area contributed by atoms with Crippen molar-refractivity contribution in [1.29, 1.82) is 0 Å². The third-order valence-electron chi connectivity index (χ3n) is 2.66. The molecule has 0 aromatic rings. The molecule has 0 atom stereocenters. The van der Waals surface area contributed by atoms with Crippen molar-refractivity contribution in [2.24, 2.45) is 10.7 Å². The molecule has 4 nitrogen and oxygen atoms in total. The number of carboxylic acid groups (broad SMARTS) is 1. The summed E-state index contributed by atoms with van der Waals surface area (Å²) in [5.41, 5.74) is 5.43. The number of rotatable bonds is 11. The van der Waals surface area contributed by atoms with Gasteiger partial charge in [0.1, 0.15) is 0 Å². The van der Waals surface area contributed by atoms with Crippen LogP contribution in [0.1, 0.15) is 64.7 Å². The van der Waals surface area contributed by atoms with Crippen molar-refractivity contribution in [1.82, 2.24) is 0 Å². The van der Waals surface area contributed by atoms with E-state index in [0.29, 0.717) is 12.3 Å². The average Bonchev–Trinajstić information content (AvgIpc) is 2.25. The number of unbranched alkanes of at least 4 members (excludes halogenated alkanes) is 7. The first-order valence-electron chi connectivity index (χ1n) is 6.61. The second-order valence-electron chi connectivity index (χ2n) is 4.50. The largest absolute Gasteiger partial charge is 0.481 e. The summed E-state index contributed by atoms with van der Waals surface area (Å²) in [6.07, 6.45) is 9.39. The molecule has 0 radical (unpaired) electrons. The van der Waals surface area contributed by atoms with Crippen molar-refractivity contribution < 1.29 is 9.90 Å². The van der Waals surface area contributed by atoms with E-state index in [0.717, 1.165) is 32.2 Å². The molecule has 3 N–H and O–H groups in total. The summed E-state index contributed by atoms with van der Waals surface area (Å²) in [5, 5.41) is 8.46.